The van der Waals surface area contributed by atoms with Crippen LogP contribution in [0.25, 0.3) is 11.3 Å². The van der Waals surface area contributed by atoms with Crippen LogP contribution in [0, 0.1) is 5.92 Å². The first-order chi connectivity index (χ1) is 11.4. The van der Waals surface area contributed by atoms with E-state index in [4.69, 9.17) is 10.3 Å². The topological polar surface area (TPSA) is 114 Å². The van der Waals surface area contributed by atoms with Crippen molar-refractivity contribution in [2.45, 2.75) is 26.4 Å². The summed E-state index contributed by atoms with van der Waals surface area (Å²) >= 11 is 0. The molecule has 0 aliphatic carbocycles. The van der Waals surface area contributed by atoms with Crippen molar-refractivity contribution in [2.75, 3.05) is 7.05 Å². The van der Waals surface area contributed by atoms with E-state index in [0.29, 0.717) is 11.5 Å². The van der Waals surface area contributed by atoms with Gasteiger partial charge in [-0.15, -0.1) is 0 Å². The van der Waals surface area contributed by atoms with Crippen LogP contribution in [0.2, 0.25) is 0 Å². The predicted molar refractivity (Wildman–Crippen MR) is 87.6 cm³/mol. The van der Waals surface area contributed by atoms with Gasteiger partial charge in [0.25, 0.3) is 0 Å². The maximum absolute atomic E-state index is 12.5. The van der Waals surface area contributed by atoms with Crippen LogP contribution < -0.4 is 11.1 Å². The van der Waals surface area contributed by atoms with Crippen LogP contribution >= 0.6 is 0 Å². The van der Waals surface area contributed by atoms with Crippen molar-refractivity contribution in [3.8, 4) is 11.3 Å². The normalized spacial score (nSPS) is 12.0. The largest absolute Gasteiger partial charge is 0.359 e. The highest BCUT2D eigenvalue weighted by Crippen LogP contribution is 2.19. The van der Waals surface area contributed by atoms with E-state index in [1.807, 2.05) is 26.0 Å². The second-order valence-corrected chi connectivity index (χ2v) is 5.84. The molecule has 0 saturated carbocycles. The number of primary amides is 1. The molecule has 0 unspecified atom stereocenters. The molecule has 0 aliphatic heterocycles. The summed E-state index contributed by atoms with van der Waals surface area (Å²) < 4.78 is 5.28. The van der Waals surface area contributed by atoms with Gasteiger partial charge in [0.1, 0.15) is 11.7 Å². The highest BCUT2D eigenvalue weighted by Gasteiger charge is 2.27. The predicted octanol–water partition coefficient (Wildman–Crippen LogP) is 1.39. The summed E-state index contributed by atoms with van der Waals surface area (Å²) in [5.41, 5.74) is 6.68. The molecule has 0 fully saturated rings. The number of nitrogens with one attached hydrogen (secondary N) is 1. The van der Waals surface area contributed by atoms with E-state index in [2.05, 4.69) is 15.5 Å². The number of urea groups is 1. The van der Waals surface area contributed by atoms with Gasteiger partial charge in [0.15, 0.2) is 5.76 Å². The highest BCUT2D eigenvalue weighted by molar-refractivity contribution is 5.86. The van der Waals surface area contributed by atoms with Gasteiger partial charge in [0.05, 0.1) is 6.54 Å². The summed E-state index contributed by atoms with van der Waals surface area (Å²) in [6, 6.07) is 4.00. The number of carbonyl (C=O) groups is 2. The Labute approximate surface area is 140 Å². The maximum Gasteiger partial charge on any atom is 0.312 e. The second kappa shape index (κ2) is 7.58. The second-order valence-electron chi connectivity index (χ2n) is 5.84. The van der Waals surface area contributed by atoms with Gasteiger partial charge >= 0.3 is 6.03 Å². The Hall–Kier alpha value is -2.90. The van der Waals surface area contributed by atoms with Crippen molar-refractivity contribution in [3.05, 3.63) is 36.4 Å². The van der Waals surface area contributed by atoms with E-state index >= 15 is 0 Å². The fourth-order valence-corrected chi connectivity index (χ4v) is 2.26. The molecule has 2 heterocycles. The molecule has 0 bridgehead atoms. The van der Waals surface area contributed by atoms with Crippen LogP contribution in [-0.4, -0.2) is 40.1 Å². The Balaban J connectivity index is 2.06. The number of nitrogens with two attached hydrogens (primary N) is 1. The van der Waals surface area contributed by atoms with E-state index in [1.54, 1.807) is 25.5 Å². The molecule has 8 heteroatoms. The molecule has 2 rings (SSSR count). The van der Waals surface area contributed by atoms with E-state index in [1.165, 1.54) is 4.90 Å². The van der Waals surface area contributed by atoms with Crippen LogP contribution in [0.15, 0.2) is 35.1 Å². The molecule has 1 atom stereocenters. The zero-order chi connectivity index (χ0) is 17.7. The lowest BCUT2D eigenvalue weighted by molar-refractivity contribution is -0.133. The standard InChI is InChI=1S/C16H21N5O3/c1-10(2)14(19-16(17)23)15(22)21(3)9-12-8-13(20-24-12)11-4-6-18-7-5-11/h4-8,10,14H,9H2,1-3H3,(H3,17,19,23)/t14-/m1/s1. The van der Waals surface area contributed by atoms with Crippen LogP contribution in [0.4, 0.5) is 4.79 Å². The van der Waals surface area contributed by atoms with E-state index < -0.39 is 12.1 Å². The average Bonchev–Trinajstić information content (AvgIpc) is 3.01. The molecular weight excluding hydrogens is 310 g/mol. The van der Waals surface area contributed by atoms with Crippen molar-refractivity contribution in [1.29, 1.82) is 0 Å². The fourth-order valence-electron chi connectivity index (χ4n) is 2.26. The summed E-state index contributed by atoms with van der Waals surface area (Å²) in [6.45, 7) is 3.91. The molecule has 0 aromatic carbocycles. The first kappa shape index (κ1) is 17.5. The van der Waals surface area contributed by atoms with Gasteiger partial charge in [-0.3, -0.25) is 9.78 Å². The molecular formula is C16H21N5O3. The van der Waals surface area contributed by atoms with Crippen LogP contribution in [0.5, 0.6) is 0 Å². The first-order valence-electron chi connectivity index (χ1n) is 7.55. The Morgan fingerprint density at radius 1 is 1.33 bits per heavy atom. The van der Waals surface area contributed by atoms with Gasteiger partial charge in [-0.2, -0.15) is 0 Å². The molecule has 2 aromatic heterocycles. The molecule has 0 spiro atoms. The number of amides is 3. The van der Waals surface area contributed by atoms with E-state index in [-0.39, 0.29) is 18.4 Å². The zero-order valence-corrected chi connectivity index (χ0v) is 13.9. The summed E-state index contributed by atoms with van der Waals surface area (Å²) in [7, 11) is 1.63. The van der Waals surface area contributed by atoms with Crippen molar-refractivity contribution in [3.63, 3.8) is 0 Å². The number of nitrogens with zero attached hydrogens (tertiary/aromatic N) is 3. The number of pyridine rings is 1. The fraction of sp³-hybridized carbons (Fsp3) is 0.375. The summed E-state index contributed by atoms with van der Waals surface area (Å²) in [4.78, 5) is 29.0. The molecule has 24 heavy (non-hydrogen) atoms. The Kier molecular flexibility index (Phi) is 5.51. The molecule has 3 N–H and O–H groups in total. The molecule has 2 aromatic rings. The highest BCUT2D eigenvalue weighted by atomic mass is 16.5. The number of carbonyl (C=O) groups excluding carboxylic acids is 2. The number of hydrogen-bond acceptors (Lipinski definition) is 5. The Morgan fingerprint density at radius 2 is 2.00 bits per heavy atom. The minimum Gasteiger partial charge on any atom is -0.359 e. The van der Waals surface area contributed by atoms with Crippen LogP contribution in [-0.2, 0) is 11.3 Å². The van der Waals surface area contributed by atoms with Gasteiger partial charge in [0.2, 0.25) is 5.91 Å². The zero-order valence-electron chi connectivity index (χ0n) is 13.9. The molecule has 0 aliphatic rings. The number of aromatic nitrogens is 2. The third kappa shape index (κ3) is 4.31. The summed E-state index contributed by atoms with van der Waals surface area (Å²) in [5, 5.41) is 6.47. The Bertz CT molecular complexity index is 699. The molecule has 128 valence electrons. The number of likely N-dealkylation sites (N-methyl/N-ethyl adjacent to an activating group) is 1. The minimum atomic E-state index is -0.727. The lowest BCUT2D eigenvalue weighted by atomic mass is 10.0. The van der Waals surface area contributed by atoms with Gasteiger partial charge in [-0.25, -0.2) is 4.79 Å². The lowest BCUT2D eigenvalue weighted by Gasteiger charge is -2.25. The third-order valence-electron chi connectivity index (χ3n) is 3.53. The third-order valence-corrected chi connectivity index (χ3v) is 3.53. The quantitative estimate of drug-likeness (QED) is 0.830. The van der Waals surface area contributed by atoms with Crippen LogP contribution in [0.3, 0.4) is 0 Å². The maximum atomic E-state index is 12.5. The molecule has 0 saturated heterocycles. The van der Waals surface area contributed by atoms with Gasteiger partial charge < -0.3 is 20.5 Å². The van der Waals surface area contributed by atoms with Gasteiger partial charge in [0, 0.05) is 31.1 Å². The van der Waals surface area contributed by atoms with Crippen molar-refractivity contribution in [2.24, 2.45) is 11.7 Å². The molecule has 8 nitrogen and oxygen atoms in total. The van der Waals surface area contributed by atoms with E-state index in [0.717, 1.165) is 5.56 Å². The number of hydrogen-bond donors (Lipinski definition) is 2. The average molecular weight is 331 g/mol. The minimum absolute atomic E-state index is 0.0884. The van der Waals surface area contributed by atoms with Crippen LogP contribution in [0.1, 0.15) is 19.6 Å². The van der Waals surface area contributed by atoms with Crippen molar-refractivity contribution >= 4 is 11.9 Å². The monoisotopic (exact) mass is 331 g/mol. The Morgan fingerprint density at radius 3 is 2.58 bits per heavy atom. The lowest BCUT2D eigenvalue weighted by Crippen LogP contribution is -2.51. The SMILES string of the molecule is CC(C)[C@@H](NC(N)=O)C(=O)N(C)Cc1cc(-c2ccncc2)no1. The molecule has 3 amide bonds. The molecule has 0 radical (unpaired) electrons. The smallest absolute Gasteiger partial charge is 0.312 e. The van der Waals surface area contributed by atoms with Gasteiger partial charge in [-0.1, -0.05) is 19.0 Å². The summed E-state index contributed by atoms with van der Waals surface area (Å²) in [5.74, 6) is 0.208. The number of rotatable bonds is 6. The first-order valence-corrected chi connectivity index (χ1v) is 7.55. The van der Waals surface area contributed by atoms with Gasteiger partial charge in [-0.05, 0) is 18.1 Å². The summed E-state index contributed by atoms with van der Waals surface area (Å²) in [6.07, 6.45) is 3.34. The van der Waals surface area contributed by atoms with Crippen molar-refractivity contribution < 1.29 is 14.1 Å². The van der Waals surface area contributed by atoms with Crippen molar-refractivity contribution in [1.82, 2.24) is 20.4 Å². The van der Waals surface area contributed by atoms with E-state index in [9.17, 15) is 9.59 Å².